The molecule has 110 valence electrons. The van der Waals surface area contributed by atoms with E-state index < -0.39 is 0 Å². The molecule has 21 heavy (non-hydrogen) atoms. The van der Waals surface area contributed by atoms with Crippen molar-refractivity contribution in [3.8, 4) is 11.5 Å². The second-order valence-electron chi connectivity index (χ2n) is 5.10. The van der Waals surface area contributed by atoms with Gasteiger partial charge >= 0.3 is 0 Å². The number of methoxy groups -OCH3 is 2. The molecule has 0 saturated carbocycles. The molecule has 2 aromatic rings. The van der Waals surface area contributed by atoms with Gasteiger partial charge in [0, 0.05) is 21.8 Å². The lowest BCUT2D eigenvalue weighted by Crippen LogP contribution is -2.24. The number of ether oxygens (including phenoxy) is 2. The van der Waals surface area contributed by atoms with Gasteiger partial charge in [0.05, 0.1) is 14.2 Å². The van der Waals surface area contributed by atoms with Gasteiger partial charge in [-0.15, -0.1) is 11.8 Å². The fraction of sp³-hybridized carbons (Fsp3) is 0.294. The summed E-state index contributed by atoms with van der Waals surface area (Å²) in [7, 11) is 3.34. The van der Waals surface area contributed by atoms with Crippen LogP contribution in [-0.2, 0) is 6.42 Å². The number of benzene rings is 2. The first kappa shape index (κ1) is 14.3. The molecule has 1 heterocycles. The normalized spacial score (nSPS) is 18.1. The van der Waals surface area contributed by atoms with Crippen molar-refractivity contribution in [1.82, 2.24) is 0 Å². The Balaban J connectivity index is 1.88. The van der Waals surface area contributed by atoms with E-state index >= 15 is 0 Å². The molecule has 3 rings (SSSR count). The van der Waals surface area contributed by atoms with Gasteiger partial charge in [0.1, 0.15) is 11.5 Å². The molecule has 0 radical (unpaired) electrons. The summed E-state index contributed by atoms with van der Waals surface area (Å²) in [4.78, 5) is 1.33. The molecule has 0 bridgehead atoms. The van der Waals surface area contributed by atoms with E-state index in [1.165, 1.54) is 10.5 Å². The van der Waals surface area contributed by atoms with Crippen LogP contribution in [0.3, 0.4) is 0 Å². The Morgan fingerprint density at radius 1 is 1.14 bits per heavy atom. The largest absolute Gasteiger partial charge is 0.497 e. The summed E-state index contributed by atoms with van der Waals surface area (Å²) in [5, 5.41) is 0.323. The molecule has 0 saturated heterocycles. The van der Waals surface area contributed by atoms with E-state index in [4.69, 9.17) is 15.2 Å². The second-order valence-corrected chi connectivity index (χ2v) is 6.38. The Labute approximate surface area is 129 Å². The van der Waals surface area contributed by atoms with Gasteiger partial charge < -0.3 is 15.2 Å². The zero-order valence-corrected chi connectivity index (χ0v) is 13.0. The lowest BCUT2D eigenvalue weighted by Gasteiger charge is -2.21. The average molecular weight is 301 g/mol. The van der Waals surface area contributed by atoms with Crippen molar-refractivity contribution in [3.63, 3.8) is 0 Å². The van der Waals surface area contributed by atoms with Crippen molar-refractivity contribution in [2.75, 3.05) is 14.2 Å². The van der Waals surface area contributed by atoms with E-state index in [9.17, 15) is 0 Å². The predicted octanol–water partition coefficient (Wildman–Crippen LogP) is 3.42. The monoisotopic (exact) mass is 301 g/mol. The van der Waals surface area contributed by atoms with Crippen LogP contribution in [-0.4, -0.2) is 19.5 Å². The third-order valence-corrected chi connectivity index (χ3v) is 5.28. The lowest BCUT2D eigenvalue weighted by molar-refractivity contribution is 0.394. The van der Waals surface area contributed by atoms with E-state index in [0.717, 1.165) is 23.5 Å². The minimum atomic E-state index is -0.0903. The number of nitrogens with two attached hydrogens (primary N) is 1. The van der Waals surface area contributed by atoms with Gasteiger partial charge in [-0.05, 0) is 36.2 Å². The van der Waals surface area contributed by atoms with Crippen LogP contribution in [0.4, 0.5) is 0 Å². The van der Waals surface area contributed by atoms with Crippen LogP contribution >= 0.6 is 11.8 Å². The molecule has 0 amide bonds. The fourth-order valence-electron chi connectivity index (χ4n) is 2.71. The van der Waals surface area contributed by atoms with Gasteiger partial charge in [0.25, 0.3) is 0 Å². The summed E-state index contributed by atoms with van der Waals surface area (Å²) in [5.41, 5.74) is 8.90. The molecule has 2 N–H and O–H groups in total. The van der Waals surface area contributed by atoms with E-state index in [1.807, 2.05) is 30.0 Å². The van der Waals surface area contributed by atoms with Crippen molar-refractivity contribution in [1.29, 1.82) is 0 Å². The number of hydrogen-bond donors (Lipinski definition) is 1. The molecule has 1 aliphatic rings. The van der Waals surface area contributed by atoms with Crippen LogP contribution in [0, 0.1) is 0 Å². The zero-order chi connectivity index (χ0) is 14.8. The van der Waals surface area contributed by atoms with Crippen LogP contribution < -0.4 is 15.2 Å². The summed E-state index contributed by atoms with van der Waals surface area (Å²) >= 11 is 1.85. The van der Waals surface area contributed by atoms with Gasteiger partial charge in [-0.1, -0.05) is 18.2 Å². The average Bonchev–Trinajstić information content (AvgIpc) is 2.97. The van der Waals surface area contributed by atoms with Crippen molar-refractivity contribution in [2.45, 2.75) is 22.6 Å². The third kappa shape index (κ3) is 2.74. The summed E-state index contributed by atoms with van der Waals surface area (Å²) in [6.07, 6.45) is 0.988. The quantitative estimate of drug-likeness (QED) is 0.940. The highest BCUT2D eigenvalue weighted by atomic mass is 32.2. The molecule has 2 aromatic carbocycles. The SMILES string of the molecule is COc1ccc(OC)c(C(N)C2Cc3ccccc3S2)c1. The minimum Gasteiger partial charge on any atom is -0.497 e. The Bertz CT molecular complexity index is 619. The van der Waals surface area contributed by atoms with E-state index in [1.54, 1.807) is 14.2 Å². The van der Waals surface area contributed by atoms with Crippen molar-refractivity contribution in [3.05, 3.63) is 53.6 Å². The van der Waals surface area contributed by atoms with Crippen LogP contribution in [0.15, 0.2) is 47.4 Å². The number of rotatable bonds is 4. The Kier molecular flexibility index (Phi) is 4.08. The number of fused-ring (bicyclic) bond motifs is 1. The topological polar surface area (TPSA) is 44.5 Å². The Morgan fingerprint density at radius 3 is 2.67 bits per heavy atom. The van der Waals surface area contributed by atoms with Gasteiger partial charge in [-0.2, -0.15) is 0 Å². The van der Waals surface area contributed by atoms with Gasteiger partial charge in [-0.25, -0.2) is 0 Å². The summed E-state index contributed by atoms with van der Waals surface area (Å²) < 4.78 is 10.8. The molecule has 3 nitrogen and oxygen atoms in total. The smallest absolute Gasteiger partial charge is 0.123 e. The zero-order valence-electron chi connectivity index (χ0n) is 12.2. The predicted molar refractivity (Wildman–Crippen MR) is 86.3 cm³/mol. The molecule has 4 heteroatoms. The van der Waals surface area contributed by atoms with Crippen molar-refractivity contribution in [2.24, 2.45) is 5.73 Å². The molecule has 0 aliphatic carbocycles. The van der Waals surface area contributed by atoms with E-state index in [-0.39, 0.29) is 6.04 Å². The first-order chi connectivity index (χ1) is 10.2. The van der Waals surface area contributed by atoms with Crippen molar-refractivity contribution >= 4 is 11.8 Å². The molecule has 2 atom stereocenters. The maximum Gasteiger partial charge on any atom is 0.123 e. The molecule has 0 fully saturated rings. The van der Waals surface area contributed by atoms with Crippen LogP contribution in [0.2, 0.25) is 0 Å². The van der Waals surface area contributed by atoms with E-state index in [0.29, 0.717) is 5.25 Å². The van der Waals surface area contributed by atoms with Crippen LogP contribution in [0.25, 0.3) is 0 Å². The first-order valence-corrected chi connectivity index (χ1v) is 7.83. The standard InChI is InChI=1S/C17H19NO2S/c1-19-12-7-8-14(20-2)13(10-12)17(18)16-9-11-5-3-4-6-15(11)21-16/h3-8,10,16-17H,9,18H2,1-2H3. The Hall–Kier alpha value is -1.65. The van der Waals surface area contributed by atoms with Crippen LogP contribution in [0.5, 0.6) is 11.5 Å². The van der Waals surface area contributed by atoms with Gasteiger partial charge in [-0.3, -0.25) is 0 Å². The molecule has 0 aromatic heterocycles. The fourth-order valence-corrected chi connectivity index (χ4v) is 4.05. The summed E-state index contributed by atoms with van der Waals surface area (Å²) in [6.45, 7) is 0. The molecular formula is C17H19NO2S. The highest BCUT2D eigenvalue weighted by molar-refractivity contribution is 8.00. The van der Waals surface area contributed by atoms with Crippen molar-refractivity contribution < 1.29 is 9.47 Å². The molecule has 1 aliphatic heterocycles. The molecule has 2 unspecified atom stereocenters. The summed E-state index contributed by atoms with van der Waals surface area (Å²) in [5.74, 6) is 1.63. The second kappa shape index (κ2) is 6.00. The maximum atomic E-state index is 6.52. The lowest BCUT2D eigenvalue weighted by atomic mass is 9.98. The highest BCUT2D eigenvalue weighted by Gasteiger charge is 2.29. The molecular weight excluding hydrogens is 282 g/mol. The maximum absolute atomic E-state index is 6.52. The summed E-state index contributed by atoms with van der Waals surface area (Å²) in [6, 6.07) is 14.2. The van der Waals surface area contributed by atoms with Crippen LogP contribution in [0.1, 0.15) is 17.2 Å². The molecule has 0 spiro atoms. The number of thioether (sulfide) groups is 1. The Morgan fingerprint density at radius 2 is 1.95 bits per heavy atom. The van der Waals surface area contributed by atoms with E-state index in [2.05, 4.69) is 24.3 Å². The van der Waals surface area contributed by atoms with Gasteiger partial charge in [0.2, 0.25) is 0 Å². The van der Waals surface area contributed by atoms with Gasteiger partial charge in [0.15, 0.2) is 0 Å². The minimum absolute atomic E-state index is 0.0903. The first-order valence-electron chi connectivity index (χ1n) is 6.95. The number of hydrogen-bond acceptors (Lipinski definition) is 4. The highest BCUT2D eigenvalue weighted by Crippen LogP contribution is 2.43. The third-order valence-electron chi connectivity index (χ3n) is 3.87.